The zero-order valence-electron chi connectivity index (χ0n) is 13.5. The van der Waals surface area contributed by atoms with Gasteiger partial charge in [-0.3, -0.25) is 9.59 Å². The number of ether oxygens (including phenoxy) is 1. The summed E-state index contributed by atoms with van der Waals surface area (Å²) in [6.07, 6.45) is 1.32. The third-order valence-electron chi connectivity index (χ3n) is 4.39. The molecule has 1 aromatic carbocycles. The summed E-state index contributed by atoms with van der Waals surface area (Å²) >= 11 is 0. The number of nitrogens with zero attached hydrogens (tertiary/aromatic N) is 1. The summed E-state index contributed by atoms with van der Waals surface area (Å²) in [7, 11) is 1.86. The molecule has 1 amide bonds. The highest BCUT2D eigenvalue weighted by molar-refractivity contribution is 6.45. The molecule has 116 valence electrons. The molecule has 0 spiro atoms. The molecule has 1 aromatic heterocycles. The molecule has 2 rings (SSSR count). The Labute approximate surface area is 129 Å². The molecule has 0 saturated heterocycles. The van der Waals surface area contributed by atoms with Crippen LogP contribution in [0.15, 0.2) is 12.8 Å². The quantitative estimate of drug-likeness (QED) is 0.536. The van der Waals surface area contributed by atoms with Crippen LogP contribution in [-0.2, 0) is 11.8 Å². The second kappa shape index (κ2) is 5.33. The van der Waals surface area contributed by atoms with Crippen molar-refractivity contribution in [1.29, 1.82) is 0 Å². The first kappa shape index (κ1) is 15.8. The molecule has 0 radical (unpaired) electrons. The molecule has 2 aromatic rings. The van der Waals surface area contributed by atoms with E-state index >= 15 is 0 Å². The number of carbonyl (C=O) groups is 2. The highest BCUT2D eigenvalue weighted by Crippen LogP contribution is 2.40. The summed E-state index contributed by atoms with van der Waals surface area (Å²) in [6, 6.07) is 0. The van der Waals surface area contributed by atoms with Crippen LogP contribution in [0.1, 0.15) is 32.7 Å². The SMILES string of the molecule is C=COc1c(C)c(C)c(C)c2c1c(C(=O)C(N)=O)c(C)n2C. The van der Waals surface area contributed by atoms with Gasteiger partial charge in [0, 0.05) is 12.7 Å². The van der Waals surface area contributed by atoms with Crippen molar-refractivity contribution in [3.63, 3.8) is 0 Å². The normalized spacial score (nSPS) is 10.8. The maximum Gasteiger partial charge on any atom is 0.289 e. The van der Waals surface area contributed by atoms with E-state index in [1.54, 1.807) is 6.92 Å². The van der Waals surface area contributed by atoms with Crippen molar-refractivity contribution in [2.75, 3.05) is 0 Å². The first-order valence-electron chi connectivity index (χ1n) is 6.94. The first-order chi connectivity index (χ1) is 10.2. The lowest BCUT2D eigenvalue weighted by Gasteiger charge is -2.14. The fraction of sp³-hybridized carbons (Fsp3) is 0.294. The molecule has 5 heteroatoms. The zero-order valence-corrected chi connectivity index (χ0v) is 13.5. The Morgan fingerprint density at radius 3 is 2.23 bits per heavy atom. The first-order valence-corrected chi connectivity index (χ1v) is 6.94. The van der Waals surface area contributed by atoms with E-state index in [2.05, 4.69) is 6.58 Å². The lowest BCUT2D eigenvalue weighted by atomic mass is 9.96. The largest absolute Gasteiger partial charge is 0.465 e. The van der Waals surface area contributed by atoms with Crippen molar-refractivity contribution in [3.8, 4) is 5.75 Å². The fourth-order valence-electron chi connectivity index (χ4n) is 2.91. The molecule has 0 atom stereocenters. The van der Waals surface area contributed by atoms with Crippen LogP contribution < -0.4 is 10.5 Å². The number of carbonyl (C=O) groups excluding carboxylic acids is 2. The minimum absolute atomic E-state index is 0.299. The van der Waals surface area contributed by atoms with Gasteiger partial charge >= 0.3 is 0 Å². The number of aromatic nitrogens is 1. The van der Waals surface area contributed by atoms with E-state index in [0.717, 1.165) is 22.2 Å². The number of amides is 1. The van der Waals surface area contributed by atoms with Gasteiger partial charge in [0.1, 0.15) is 5.75 Å². The zero-order chi connectivity index (χ0) is 16.8. The average molecular weight is 300 g/mol. The van der Waals surface area contributed by atoms with E-state index in [9.17, 15) is 9.59 Å². The minimum atomic E-state index is -0.976. The van der Waals surface area contributed by atoms with Gasteiger partial charge in [-0.25, -0.2) is 0 Å². The predicted molar refractivity (Wildman–Crippen MR) is 86.2 cm³/mol. The topological polar surface area (TPSA) is 74.3 Å². The Kier molecular flexibility index (Phi) is 3.83. The minimum Gasteiger partial charge on any atom is -0.465 e. The Hall–Kier alpha value is -2.56. The van der Waals surface area contributed by atoms with Crippen LogP contribution in [0.2, 0.25) is 0 Å². The summed E-state index contributed by atoms with van der Waals surface area (Å²) in [5.74, 6) is -1.14. The van der Waals surface area contributed by atoms with Crippen molar-refractivity contribution >= 4 is 22.6 Å². The molecule has 5 nitrogen and oxygen atoms in total. The number of aryl methyl sites for hydroxylation is 2. The lowest BCUT2D eigenvalue weighted by Crippen LogP contribution is -2.23. The predicted octanol–water partition coefficient (Wildman–Crippen LogP) is 2.60. The van der Waals surface area contributed by atoms with Crippen LogP contribution in [-0.4, -0.2) is 16.3 Å². The number of benzene rings is 1. The third-order valence-corrected chi connectivity index (χ3v) is 4.39. The molecule has 0 bridgehead atoms. The van der Waals surface area contributed by atoms with Crippen LogP contribution in [0.25, 0.3) is 10.9 Å². The van der Waals surface area contributed by atoms with E-state index in [1.807, 2.05) is 32.4 Å². The van der Waals surface area contributed by atoms with E-state index < -0.39 is 11.7 Å². The Balaban J connectivity index is 3.11. The number of hydrogen-bond donors (Lipinski definition) is 1. The number of fused-ring (bicyclic) bond motifs is 1. The number of ketones is 1. The number of Topliss-reactive ketones (excluding diaryl/α,β-unsaturated/α-hetero) is 1. The number of hydrogen-bond acceptors (Lipinski definition) is 3. The van der Waals surface area contributed by atoms with Gasteiger partial charge in [0.05, 0.1) is 22.7 Å². The lowest BCUT2D eigenvalue weighted by molar-refractivity contribution is -0.114. The Morgan fingerprint density at radius 1 is 1.14 bits per heavy atom. The van der Waals surface area contributed by atoms with Crippen LogP contribution in [0.4, 0.5) is 0 Å². The van der Waals surface area contributed by atoms with Gasteiger partial charge in [0.15, 0.2) is 0 Å². The average Bonchev–Trinajstić information content (AvgIpc) is 2.72. The van der Waals surface area contributed by atoms with Crippen molar-refractivity contribution < 1.29 is 14.3 Å². The summed E-state index contributed by atoms with van der Waals surface area (Å²) in [4.78, 5) is 23.7. The highest BCUT2D eigenvalue weighted by Gasteiger charge is 2.27. The van der Waals surface area contributed by atoms with E-state index in [4.69, 9.17) is 10.5 Å². The van der Waals surface area contributed by atoms with Gasteiger partial charge in [-0.05, 0) is 44.4 Å². The third kappa shape index (κ3) is 2.01. The standard InChI is InChI=1S/C17H20N2O3/c1-7-22-16-10(4)8(2)9(3)14-13(16)12(11(5)19(14)6)15(20)17(18)21/h7H,1H2,2-6H3,(H2,18,21). The molecule has 0 aliphatic carbocycles. The van der Waals surface area contributed by atoms with Gasteiger partial charge < -0.3 is 15.0 Å². The molecular formula is C17H20N2O3. The smallest absolute Gasteiger partial charge is 0.289 e. The molecule has 1 heterocycles. The van der Waals surface area contributed by atoms with Crippen LogP contribution in [0, 0.1) is 27.7 Å². The fourth-order valence-corrected chi connectivity index (χ4v) is 2.91. The van der Waals surface area contributed by atoms with Crippen molar-refractivity contribution in [2.24, 2.45) is 12.8 Å². The molecular weight excluding hydrogens is 280 g/mol. The maximum absolute atomic E-state index is 12.3. The van der Waals surface area contributed by atoms with Gasteiger partial charge in [-0.2, -0.15) is 0 Å². The van der Waals surface area contributed by atoms with Crippen molar-refractivity contribution in [3.05, 3.63) is 40.8 Å². The number of nitrogens with two attached hydrogens (primary N) is 1. The van der Waals surface area contributed by atoms with Crippen LogP contribution in [0.3, 0.4) is 0 Å². The van der Waals surface area contributed by atoms with Gasteiger partial charge in [0.25, 0.3) is 11.7 Å². The molecule has 0 aliphatic heterocycles. The molecule has 0 saturated carbocycles. The molecule has 0 unspecified atom stereocenters. The van der Waals surface area contributed by atoms with Gasteiger partial charge in [0.2, 0.25) is 0 Å². The summed E-state index contributed by atoms with van der Waals surface area (Å²) in [5.41, 5.74) is 10.1. The van der Waals surface area contributed by atoms with Gasteiger partial charge in [-0.1, -0.05) is 6.58 Å². The Bertz CT molecular complexity index is 829. The van der Waals surface area contributed by atoms with Gasteiger partial charge in [-0.15, -0.1) is 0 Å². The second-order valence-electron chi connectivity index (χ2n) is 5.43. The van der Waals surface area contributed by atoms with Crippen molar-refractivity contribution in [2.45, 2.75) is 27.7 Å². The van der Waals surface area contributed by atoms with Crippen LogP contribution in [0.5, 0.6) is 5.75 Å². The molecule has 0 fully saturated rings. The molecule has 0 aliphatic rings. The van der Waals surface area contributed by atoms with Crippen molar-refractivity contribution in [1.82, 2.24) is 4.57 Å². The number of rotatable bonds is 4. The second-order valence-corrected chi connectivity index (χ2v) is 5.43. The maximum atomic E-state index is 12.3. The summed E-state index contributed by atoms with van der Waals surface area (Å²) in [5, 5.41) is 0.615. The highest BCUT2D eigenvalue weighted by atomic mass is 16.5. The summed E-state index contributed by atoms with van der Waals surface area (Å²) in [6.45, 7) is 11.3. The van der Waals surface area contributed by atoms with Crippen LogP contribution >= 0.6 is 0 Å². The Morgan fingerprint density at radius 2 is 1.73 bits per heavy atom. The summed E-state index contributed by atoms with van der Waals surface area (Å²) < 4.78 is 7.46. The molecule has 2 N–H and O–H groups in total. The molecule has 22 heavy (non-hydrogen) atoms. The van der Waals surface area contributed by atoms with E-state index in [0.29, 0.717) is 22.4 Å². The monoisotopic (exact) mass is 300 g/mol. The number of primary amides is 1. The van der Waals surface area contributed by atoms with E-state index in [1.165, 1.54) is 6.26 Å². The van der Waals surface area contributed by atoms with E-state index in [-0.39, 0.29) is 0 Å².